The number of benzene rings is 2. The first-order valence-corrected chi connectivity index (χ1v) is 9.97. The summed E-state index contributed by atoms with van der Waals surface area (Å²) in [5.41, 5.74) is 8.27. The molecule has 0 atom stereocenters. The van der Waals surface area contributed by atoms with Crippen LogP contribution < -0.4 is 5.43 Å². The number of carbonyl (C=O) groups excluding carboxylic acids is 1. The third kappa shape index (κ3) is 5.21. The maximum Gasteiger partial charge on any atom is 0.240 e. The molecule has 0 aliphatic rings. The van der Waals surface area contributed by atoms with E-state index in [9.17, 15) is 4.79 Å². The van der Waals surface area contributed by atoms with E-state index >= 15 is 0 Å². The van der Waals surface area contributed by atoms with Gasteiger partial charge in [0.15, 0.2) is 0 Å². The molecule has 1 amide bonds. The zero-order valence-corrected chi connectivity index (χ0v) is 17.3. The summed E-state index contributed by atoms with van der Waals surface area (Å²) in [4.78, 5) is 12.5. The van der Waals surface area contributed by atoms with Crippen LogP contribution in [0.15, 0.2) is 65.8 Å². The van der Waals surface area contributed by atoms with Gasteiger partial charge in [0.2, 0.25) is 5.91 Å². The molecule has 3 aromatic rings. The molecule has 0 aliphatic heterocycles. The van der Waals surface area contributed by atoms with Crippen LogP contribution >= 0.6 is 0 Å². The Kier molecular flexibility index (Phi) is 7.12. The number of nitrogens with zero attached hydrogens (tertiary/aromatic N) is 4. The molecule has 3 rings (SSSR count). The fourth-order valence-corrected chi connectivity index (χ4v) is 3.37. The molecule has 6 nitrogen and oxygen atoms in total. The van der Waals surface area contributed by atoms with E-state index in [4.69, 9.17) is 5.26 Å². The zero-order chi connectivity index (χ0) is 21.3. The maximum absolute atomic E-state index is 12.5. The number of aryl methyl sites for hydroxylation is 2. The molecule has 1 aromatic heterocycles. The Balaban J connectivity index is 1.70. The SMILES string of the molecule is Cc1nn(CCC#N)c(C)c1CCC(=O)NN=C(c1ccccc1)c1ccccc1. The van der Waals surface area contributed by atoms with E-state index in [0.29, 0.717) is 25.8 Å². The fourth-order valence-electron chi connectivity index (χ4n) is 3.37. The van der Waals surface area contributed by atoms with Crippen LogP contribution in [0, 0.1) is 25.2 Å². The van der Waals surface area contributed by atoms with Gasteiger partial charge in [-0.05, 0) is 25.8 Å². The monoisotopic (exact) mass is 399 g/mol. The van der Waals surface area contributed by atoms with Gasteiger partial charge in [0, 0.05) is 23.2 Å². The van der Waals surface area contributed by atoms with Gasteiger partial charge in [0.1, 0.15) is 0 Å². The van der Waals surface area contributed by atoms with Crippen LogP contribution in [-0.2, 0) is 17.8 Å². The van der Waals surface area contributed by atoms with Crippen molar-refractivity contribution in [2.45, 2.75) is 39.7 Å². The summed E-state index contributed by atoms with van der Waals surface area (Å²) in [5.74, 6) is -0.150. The first-order chi connectivity index (χ1) is 14.6. The Morgan fingerprint density at radius 2 is 1.67 bits per heavy atom. The molecule has 152 valence electrons. The predicted octanol–water partition coefficient (Wildman–Crippen LogP) is 3.92. The van der Waals surface area contributed by atoms with Crippen LogP contribution in [0.4, 0.5) is 0 Å². The van der Waals surface area contributed by atoms with E-state index in [-0.39, 0.29) is 5.91 Å². The lowest BCUT2D eigenvalue weighted by Crippen LogP contribution is -2.21. The molecule has 2 aromatic carbocycles. The number of hydrazone groups is 1. The van der Waals surface area contributed by atoms with Gasteiger partial charge in [0.25, 0.3) is 0 Å². The molecular weight excluding hydrogens is 374 g/mol. The Morgan fingerprint density at radius 1 is 1.07 bits per heavy atom. The van der Waals surface area contributed by atoms with E-state index in [1.165, 1.54) is 0 Å². The highest BCUT2D eigenvalue weighted by Gasteiger charge is 2.13. The molecule has 0 saturated heterocycles. The van der Waals surface area contributed by atoms with E-state index < -0.39 is 0 Å². The molecule has 0 bridgehead atoms. The van der Waals surface area contributed by atoms with Gasteiger partial charge < -0.3 is 0 Å². The molecule has 0 radical (unpaired) electrons. The minimum atomic E-state index is -0.150. The van der Waals surface area contributed by atoms with Crippen molar-refractivity contribution in [2.24, 2.45) is 5.10 Å². The van der Waals surface area contributed by atoms with Gasteiger partial charge in [-0.3, -0.25) is 9.48 Å². The Labute approximate surface area is 176 Å². The van der Waals surface area contributed by atoms with Crippen molar-refractivity contribution >= 4 is 11.6 Å². The number of carbonyl (C=O) groups is 1. The first kappa shape index (κ1) is 21.0. The number of hydrogen-bond acceptors (Lipinski definition) is 4. The van der Waals surface area contributed by atoms with Gasteiger partial charge in [0.05, 0.1) is 30.4 Å². The molecule has 0 unspecified atom stereocenters. The van der Waals surface area contributed by atoms with Crippen LogP contribution in [0.3, 0.4) is 0 Å². The summed E-state index contributed by atoms with van der Waals surface area (Å²) < 4.78 is 1.84. The number of rotatable bonds is 8. The Bertz CT molecular complexity index is 1020. The standard InChI is InChI=1S/C24H25N5O/c1-18-22(19(2)29(28-18)17-9-16-25)14-15-23(30)26-27-24(20-10-5-3-6-11-20)21-12-7-4-8-13-21/h3-8,10-13H,9,14-15,17H2,1-2H3,(H,26,30). The summed E-state index contributed by atoms with van der Waals surface area (Å²) in [6.45, 7) is 4.48. The molecule has 0 saturated carbocycles. The number of amides is 1. The van der Waals surface area contributed by atoms with Crippen molar-refractivity contribution in [1.29, 1.82) is 5.26 Å². The van der Waals surface area contributed by atoms with Gasteiger partial charge in [-0.2, -0.15) is 15.5 Å². The predicted molar refractivity (Wildman–Crippen MR) is 117 cm³/mol. The van der Waals surface area contributed by atoms with E-state index in [1.54, 1.807) is 0 Å². The summed E-state index contributed by atoms with van der Waals surface area (Å²) >= 11 is 0. The quantitative estimate of drug-likeness (QED) is 0.460. The van der Waals surface area contributed by atoms with Crippen molar-refractivity contribution in [3.8, 4) is 6.07 Å². The van der Waals surface area contributed by atoms with Gasteiger partial charge in [-0.25, -0.2) is 5.43 Å². The normalized spacial score (nSPS) is 10.3. The van der Waals surface area contributed by atoms with E-state index in [2.05, 4.69) is 21.7 Å². The first-order valence-electron chi connectivity index (χ1n) is 9.97. The molecule has 0 spiro atoms. The van der Waals surface area contributed by atoms with Crippen LogP contribution in [0.1, 0.15) is 40.9 Å². The highest BCUT2D eigenvalue weighted by molar-refractivity contribution is 6.13. The smallest absolute Gasteiger partial charge is 0.240 e. The molecule has 6 heteroatoms. The summed E-state index contributed by atoms with van der Waals surface area (Å²) in [5, 5.41) is 17.7. The Hall–Kier alpha value is -3.72. The lowest BCUT2D eigenvalue weighted by atomic mass is 10.0. The second kappa shape index (κ2) is 10.2. The summed E-state index contributed by atoms with van der Waals surface area (Å²) in [6, 6.07) is 21.7. The molecular formula is C24H25N5O. The molecule has 0 fully saturated rings. The minimum absolute atomic E-state index is 0.150. The van der Waals surface area contributed by atoms with E-state index in [0.717, 1.165) is 33.8 Å². The highest BCUT2D eigenvalue weighted by Crippen LogP contribution is 2.16. The maximum atomic E-state index is 12.5. The molecule has 1 heterocycles. The average molecular weight is 399 g/mol. The van der Waals surface area contributed by atoms with Crippen LogP contribution in [0.25, 0.3) is 0 Å². The second-order valence-electron chi connectivity index (χ2n) is 7.01. The number of hydrogen-bond donors (Lipinski definition) is 1. The second-order valence-corrected chi connectivity index (χ2v) is 7.01. The van der Waals surface area contributed by atoms with Crippen LogP contribution in [0.2, 0.25) is 0 Å². The fraction of sp³-hybridized carbons (Fsp3) is 0.250. The van der Waals surface area contributed by atoms with Gasteiger partial charge in [-0.15, -0.1) is 0 Å². The lowest BCUT2D eigenvalue weighted by molar-refractivity contribution is -0.121. The summed E-state index contributed by atoms with van der Waals surface area (Å²) in [7, 11) is 0. The largest absolute Gasteiger partial charge is 0.273 e. The topological polar surface area (TPSA) is 83.1 Å². The molecule has 0 aliphatic carbocycles. The highest BCUT2D eigenvalue weighted by atomic mass is 16.2. The number of nitriles is 1. The molecule has 30 heavy (non-hydrogen) atoms. The van der Waals surface area contributed by atoms with Crippen molar-refractivity contribution in [3.05, 3.63) is 88.7 Å². The van der Waals surface area contributed by atoms with Gasteiger partial charge >= 0.3 is 0 Å². The van der Waals surface area contributed by atoms with Crippen molar-refractivity contribution in [1.82, 2.24) is 15.2 Å². The van der Waals surface area contributed by atoms with Crippen molar-refractivity contribution in [2.75, 3.05) is 0 Å². The van der Waals surface area contributed by atoms with Crippen LogP contribution in [-0.4, -0.2) is 21.4 Å². The van der Waals surface area contributed by atoms with Crippen molar-refractivity contribution < 1.29 is 4.79 Å². The van der Waals surface area contributed by atoms with Crippen LogP contribution in [0.5, 0.6) is 0 Å². The third-order valence-corrected chi connectivity index (χ3v) is 4.96. The van der Waals surface area contributed by atoms with Gasteiger partial charge in [-0.1, -0.05) is 60.7 Å². The third-order valence-electron chi connectivity index (χ3n) is 4.96. The Morgan fingerprint density at radius 3 is 2.23 bits per heavy atom. The van der Waals surface area contributed by atoms with Crippen molar-refractivity contribution in [3.63, 3.8) is 0 Å². The summed E-state index contributed by atoms with van der Waals surface area (Å²) in [6.07, 6.45) is 1.31. The van der Waals surface area contributed by atoms with E-state index in [1.807, 2.05) is 79.2 Å². The number of nitrogens with one attached hydrogen (secondary N) is 1. The molecule has 1 N–H and O–H groups in total. The zero-order valence-electron chi connectivity index (χ0n) is 17.3. The lowest BCUT2D eigenvalue weighted by Gasteiger charge is -2.08. The number of aromatic nitrogens is 2. The average Bonchev–Trinajstić information content (AvgIpc) is 3.05. The minimum Gasteiger partial charge on any atom is -0.273 e.